The normalized spacial score (nSPS) is 10.0. The number of benzene rings is 1. The van der Waals surface area contributed by atoms with E-state index in [0.717, 1.165) is 5.56 Å². The number of amidine groups is 1. The minimum atomic E-state index is 0.316. The van der Waals surface area contributed by atoms with Gasteiger partial charge in [0.25, 0.3) is 5.17 Å². The summed E-state index contributed by atoms with van der Waals surface area (Å²) in [5.74, 6) is 0.598. The van der Waals surface area contributed by atoms with Crippen LogP contribution in [0, 0.1) is 0 Å². The highest BCUT2D eigenvalue weighted by Gasteiger charge is 2.07. The first-order chi connectivity index (χ1) is 6.11. The highest BCUT2D eigenvalue weighted by Crippen LogP contribution is 2.27. The van der Waals surface area contributed by atoms with E-state index in [1.165, 1.54) is 11.8 Å². The van der Waals surface area contributed by atoms with Crippen molar-refractivity contribution in [2.75, 3.05) is 0 Å². The maximum absolute atomic E-state index is 5.92. The molecule has 0 saturated heterocycles. The lowest BCUT2D eigenvalue weighted by Gasteiger charge is -2.03. The molecule has 0 bridgehead atoms. The van der Waals surface area contributed by atoms with Gasteiger partial charge in [-0.3, -0.25) is 11.1 Å². The highest BCUT2D eigenvalue weighted by atomic mass is 35.5. The van der Waals surface area contributed by atoms with E-state index in [-0.39, 0.29) is 0 Å². The van der Waals surface area contributed by atoms with Gasteiger partial charge in [-0.15, -0.1) is 0 Å². The summed E-state index contributed by atoms with van der Waals surface area (Å²) in [5.41, 5.74) is 6.18. The zero-order chi connectivity index (χ0) is 9.84. The lowest BCUT2D eigenvalue weighted by atomic mass is 10.2. The predicted octanol–water partition coefficient (Wildman–Crippen LogP) is 1.30. The summed E-state index contributed by atoms with van der Waals surface area (Å²) >= 11 is 13.2. The first-order valence-electron chi connectivity index (χ1n) is 3.55. The van der Waals surface area contributed by atoms with Crippen LogP contribution < -0.4 is 11.1 Å². The van der Waals surface area contributed by atoms with Crippen molar-refractivity contribution in [1.29, 1.82) is 0 Å². The Morgan fingerprint density at radius 2 is 1.92 bits per heavy atom. The van der Waals surface area contributed by atoms with E-state index < -0.39 is 0 Å². The second-order valence-electron chi connectivity index (χ2n) is 2.39. The summed E-state index contributed by atoms with van der Waals surface area (Å²) in [6.07, 6.45) is 0. The Morgan fingerprint density at radius 3 is 2.38 bits per heavy atom. The van der Waals surface area contributed by atoms with Gasteiger partial charge in [-0.05, 0) is 29.5 Å². The molecule has 0 unspecified atom stereocenters. The molecule has 13 heavy (non-hydrogen) atoms. The molecular weight excluding hydrogens is 227 g/mol. The fraction of sp³-hybridized carbons (Fsp3) is 0.125. The molecule has 0 spiro atoms. The quantitative estimate of drug-likeness (QED) is 0.600. The van der Waals surface area contributed by atoms with Gasteiger partial charge in [0, 0.05) is 15.8 Å². The molecular formula is C8H9Cl2N2S+. The van der Waals surface area contributed by atoms with Gasteiger partial charge in [0.15, 0.2) is 0 Å². The molecule has 0 atom stereocenters. The number of halogens is 2. The lowest BCUT2D eigenvalue weighted by molar-refractivity contribution is -0.110. The third kappa shape index (κ3) is 3.10. The lowest BCUT2D eigenvalue weighted by Crippen LogP contribution is -2.43. The Kier molecular flexibility index (Phi) is 3.90. The van der Waals surface area contributed by atoms with E-state index >= 15 is 0 Å². The van der Waals surface area contributed by atoms with E-state index in [4.69, 9.17) is 34.3 Å². The van der Waals surface area contributed by atoms with Crippen molar-refractivity contribution >= 4 is 40.1 Å². The number of hydrogen-bond acceptors (Lipinski definition) is 1. The Labute approximate surface area is 90.9 Å². The van der Waals surface area contributed by atoms with Crippen LogP contribution in [-0.4, -0.2) is 5.17 Å². The van der Waals surface area contributed by atoms with Crippen molar-refractivity contribution in [3.05, 3.63) is 33.8 Å². The highest BCUT2D eigenvalue weighted by molar-refractivity contribution is 8.12. The van der Waals surface area contributed by atoms with Crippen molar-refractivity contribution in [3.63, 3.8) is 0 Å². The summed E-state index contributed by atoms with van der Waals surface area (Å²) in [6, 6.07) is 5.38. The minimum Gasteiger partial charge on any atom is -0.282 e. The van der Waals surface area contributed by atoms with Crippen LogP contribution >= 0.6 is 35.0 Å². The predicted molar refractivity (Wildman–Crippen MR) is 58.9 cm³/mol. The Morgan fingerprint density at radius 1 is 1.38 bits per heavy atom. The molecule has 1 aromatic carbocycles. The van der Waals surface area contributed by atoms with Gasteiger partial charge in [0.05, 0.1) is 0 Å². The van der Waals surface area contributed by atoms with E-state index in [1.807, 2.05) is 0 Å². The SMILES string of the molecule is NC(=[NH2+])SCc1c(Cl)cccc1Cl. The average Bonchev–Trinajstić information content (AvgIpc) is 2.03. The Balaban J connectivity index is 2.81. The molecule has 5 heteroatoms. The van der Waals surface area contributed by atoms with Gasteiger partial charge in [-0.25, -0.2) is 0 Å². The van der Waals surface area contributed by atoms with Crippen molar-refractivity contribution in [2.24, 2.45) is 5.73 Å². The van der Waals surface area contributed by atoms with Crippen molar-refractivity contribution in [1.82, 2.24) is 0 Å². The third-order valence-corrected chi connectivity index (χ3v) is 2.92. The molecule has 0 fully saturated rings. The summed E-state index contributed by atoms with van der Waals surface area (Å²) in [6.45, 7) is 0. The zero-order valence-corrected chi connectivity index (χ0v) is 9.09. The van der Waals surface area contributed by atoms with Gasteiger partial charge in [0.1, 0.15) is 0 Å². The summed E-state index contributed by atoms with van der Waals surface area (Å²) < 4.78 is 0. The maximum atomic E-state index is 5.92. The van der Waals surface area contributed by atoms with Crippen LogP contribution in [0.2, 0.25) is 10.0 Å². The summed E-state index contributed by atoms with van der Waals surface area (Å²) in [5, 5.41) is 6.91. The van der Waals surface area contributed by atoms with Gasteiger partial charge >= 0.3 is 0 Å². The first kappa shape index (κ1) is 10.7. The second kappa shape index (κ2) is 4.74. The van der Waals surface area contributed by atoms with Crippen LogP contribution in [0.15, 0.2) is 18.2 Å². The topological polar surface area (TPSA) is 51.6 Å². The molecule has 0 amide bonds. The van der Waals surface area contributed by atoms with E-state index in [2.05, 4.69) is 0 Å². The van der Waals surface area contributed by atoms with Crippen molar-refractivity contribution in [3.8, 4) is 0 Å². The fourth-order valence-electron chi connectivity index (χ4n) is 0.826. The largest absolute Gasteiger partial charge is 0.300 e. The van der Waals surface area contributed by atoms with Crippen LogP contribution in [0.3, 0.4) is 0 Å². The van der Waals surface area contributed by atoms with Crippen LogP contribution in [0.4, 0.5) is 0 Å². The smallest absolute Gasteiger partial charge is 0.282 e. The summed E-state index contributed by atoms with van der Waals surface area (Å²) in [4.78, 5) is 0. The zero-order valence-electron chi connectivity index (χ0n) is 6.76. The van der Waals surface area contributed by atoms with Crippen LogP contribution in [-0.2, 0) is 5.75 Å². The Bertz CT molecular complexity index is 308. The van der Waals surface area contributed by atoms with Gasteiger partial charge in [-0.2, -0.15) is 0 Å². The molecule has 0 aliphatic carbocycles. The van der Waals surface area contributed by atoms with Crippen LogP contribution in [0.25, 0.3) is 0 Å². The monoisotopic (exact) mass is 235 g/mol. The number of thioether (sulfide) groups is 1. The van der Waals surface area contributed by atoms with Crippen LogP contribution in [0.1, 0.15) is 5.56 Å². The molecule has 0 radical (unpaired) electrons. The first-order valence-corrected chi connectivity index (χ1v) is 5.29. The molecule has 1 aromatic rings. The van der Waals surface area contributed by atoms with E-state index in [0.29, 0.717) is 21.0 Å². The molecule has 0 aliphatic heterocycles. The molecule has 70 valence electrons. The molecule has 2 nitrogen and oxygen atoms in total. The molecule has 1 rings (SSSR count). The van der Waals surface area contributed by atoms with Gasteiger partial charge in [-0.1, -0.05) is 29.3 Å². The fourth-order valence-corrected chi connectivity index (χ4v) is 2.14. The molecule has 0 heterocycles. The molecule has 0 aliphatic rings. The number of rotatable bonds is 2. The van der Waals surface area contributed by atoms with E-state index in [9.17, 15) is 0 Å². The molecule has 4 N–H and O–H groups in total. The Hall–Kier alpha value is -0.380. The molecule has 0 aromatic heterocycles. The third-order valence-electron chi connectivity index (χ3n) is 1.44. The van der Waals surface area contributed by atoms with E-state index in [1.54, 1.807) is 18.2 Å². The van der Waals surface area contributed by atoms with Gasteiger partial charge in [0.2, 0.25) is 0 Å². The maximum Gasteiger partial charge on any atom is 0.300 e. The van der Waals surface area contributed by atoms with Crippen molar-refractivity contribution < 1.29 is 5.41 Å². The van der Waals surface area contributed by atoms with Crippen molar-refractivity contribution in [2.45, 2.75) is 5.75 Å². The standard InChI is InChI=1S/C8H8Cl2N2S/c9-6-2-1-3-7(10)5(6)4-13-8(11)12/h1-3H,4H2,(H3,11,12)/p+1. The summed E-state index contributed by atoms with van der Waals surface area (Å²) in [7, 11) is 0. The number of nitrogens with two attached hydrogens (primary N) is 2. The van der Waals surface area contributed by atoms with Crippen LogP contribution in [0.5, 0.6) is 0 Å². The second-order valence-corrected chi connectivity index (χ2v) is 4.25. The van der Waals surface area contributed by atoms with Gasteiger partial charge < -0.3 is 0 Å². The average molecular weight is 236 g/mol. The molecule has 0 saturated carbocycles. The minimum absolute atomic E-state index is 0.316. The number of hydrogen-bond donors (Lipinski definition) is 2.